The number of thiol groups is 1. The van der Waals surface area contributed by atoms with Gasteiger partial charge in [-0.1, -0.05) is 30.3 Å². The van der Waals surface area contributed by atoms with E-state index in [1.807, 2.05) is 66.9 Å². The lowest BCUT2D eigenvalue weighted by Gasteiger charge is -2.26. The SMILES string of the molecule is O=C(Nc1ccc(-c2cn[nH]c2)cc1-c1cccc(S)c1)C1COc2ccccc2O1. The fraction of sp³-hybridized carbons (Fsp3) is 0.0833. The number of nitrogens with one attached hydrogen (secondary N) is 2. The number of benzene rings is 3. The zero-order valence-corrected chi connectivity index (χ0v) is 17.3. The van der Waals surface area contributed by atoms with Crippen LogP contribution in [0.1, 0.15) is 0 Å². The van der Waals surface area contributed by atoms with Crippen LogP contribution in [0.25, 0.3) is 22.3 Å². The molecule has 2 N–H and O–H groups in total. The first-order valence-electron chi connectivity index (χ1n) is 9.79. The number of carbonyl (C=O) groups is 1. The van der Waals surface area contributed by atoms with E-state index in [-0.39, 0.29) is 12.5 Å². The molecule has 0 saturated carbocycles. The van der Waals surface area contributed by atoms with E-state index < -0.39 is 6.10 Å². The van der Waals surface area contributed by atoms with E-state index in [0.717, 1.165) is 27.1 Å². The van der Waals surface area contributed by atoms with Gasteiger partial charge in [-0.3, -0.25) is 9.89 Å². The van der Waals surface area contributed by atoms with Gasteiger partial charge in [0.15, 0.2) is 11.5 Å². The van der Waals surface area contributed by atoms with Crippen LogP contribution in [-0.2, 0) is 4.79 Å². The first kappa shape index (κ1) is 19.3. The molecule has 154 valence electrons. The van der Waals surface area contributed by atoms with Crippen molar-refractivity contribution in [1.29, 1.82) is 0 Å². The molecule has 31 heavy (non-hydrogen) atoms. The summed E-state index contributed by atoms with van der Waals surface area (Å²) in [5, 5.41) is 9.87. The monoisotopic (exact) mass is 429 g/mol. The molecule has 1 aliphatic rings. The van der Waals surface area contributed by atoms with Crippen LogP contribution in [0.5, 0.6) is 11.5 Å². The smallest absolute Gasteiger partial charge is 0.269 e. The van der Waals surface area contributed by atoms with E-state index in [4.69, 9.17) is 9.47 Å². The maximum Gasteiger partial charge on any atom is 0.269 e. The summed E-state index contributed by atoms with van der Waals surface area (Å²) in [6.45, 7) is 0.150. The number of carbonyl (C=O) groups excluding carboxylic acids is 1. The van der Waals surface area contributed by atoms with Crippen LogP contribution in [0, 0.1) is 0 Å². The molecule has 5 rings (SSSR count). The number of hydrogen-bond acceptors (Lipinski definition) is 5. The van der Waals surface area contributed by atoms with Gasteiger partial charge in [-0.05, 0) is 47.5 Å². The Morgan fingerprint density at radius 3 is 2.68 bits per heavy atom. The van der Waals surface area contributed by atoms with Gasteiger partial charge in [0.25, 0.3) is 5.91 Å². The average Bonchev–Trinajstić information content (AvgIpc) is 3.34. The van der Waals surface area contributed by atoms with Crippen LogP contribution in [0.4, 0.5) is 5.69 Å². The average molecular weight is 430 g/mol. The van der Waals surface area contributed by atoms with Gasteiger partial charge in [0.1, 0.15) is 6.61 Å². The van der Waals surface area contributed by atoms with Gasteiger partial charge in [0.2, 0.25) is 6.10 Å². The Morgan fingerprint density at radius 2 is 1.87 bits per heavy atom. The van der Waals surface area contributed by atoms with Gasteiger partial charge in [0, 0.05) is 27.9 Å². The summed E-state index contributed by atoms with van der Waals surface area (Å²) in [6.07, 6.45) is 2.85. The predicted octanol–water partition coefficient (Wildman–Crippen LogP) is 4.81. The molecular weight excluding hydrogens is 410 g/mol. The Bertz CT molecular complexity index is 1240. The summed E-state index contributed by atoms with van der Waals surface area (Å²) in [4.78, 5) is 13.8. The number of para-hydroxylation sites is 2. The highest BCUT2D eigenvalue weighted by Crippen LogP contribution is 2.35. The van der Waals surface area contributed by atoms with Gasteiger partial charge in [-0.2, -0.15) is 5.10 Å². The molecule has 1 aliphatic heterocycles. The van der Waals surface area contributed by atoms with Crippen LogP contribution in [0.15, 0.2) is 84.0 Å². The van der Waals surface area contributed by atoms with E-state index in [9.17, 15) is 4.79 Å². The number of aromatic nitrogens is 2. The highest BCUT2D eigenvalue weighted by atomic mass is 32.1. The molecule has 0 saturated heterocycles. The second-order valence-electron chi connectivity index (χ2n) is 7.15. The van der Waals surface area contributed by atoms with Crippen molar-refractivity contribution >= 4 is 24.2 Å². The molecule has 1 amide bonds. The standard InChI is InChI=1S/C24H19N3O3S/c28-24(23-14-29-21-6-1-2-7-22(21)30-23)27-20-9-8-15(17-12-25-26-13-17)11-19(20)16-4-3-5-18(31)10-16/h1-13,23,31H,14H2,(H,25,26)(H,27,28). The number of nitrogens with zero attached hydrogens (tertiary/aromatic N) is 1. The predicted molar refractivity (Wildman–Crippen MR) is 122 cm³/mol. The topological polar surface area (TPSA) is 76.2 Å². The summed E-state index contributed by atoms with van der Waals surface area (Å²) >= 11 is 4.47. The summed E-state index contributed by atoms with van der Waals surface area (Å²) in [6, 6.07) is 21.0. The van der Waals surface area contributed by atoms with Crippen LogP contribution < -0.4 is 14.8 Å². The molecule has 0 spiro atoms. The lowest BCUT2D eigenvalue weighted by molar-refractivity contribution is -0.125. The number of rotatable bonds is 4. The third-order valence-corrected chi connectivity index (χ3v) is 5.35. The van der Waals surface area contributed by atoms with Gasteiger partial charge in [-0.15, -0.1) is 12.6 Å². The van der Waals surface area contributed by atoms with Crippen molar-refractivity contribution < 1.29 is 14.3 Å². The molecule has 3 aromatic carbocycles. The van der Waals surface area contributed by atoms with Crippen molar-refractivity contribution in [2.45, 2.75) is 11.0 Å². The molecule has 1 atom stereocenters. The number of anilines is 1. The Kier molecular flexibility index (Phi) is 5.09. The number of aromatic amines is 1. The largest absolute Gasteiger partial charge is 0.485 e. The zero-order chi connectivity index (χ0) is 21.2. The molecule has 0 bridgehead atoms. The van der Waals surface area contributed by atoms with Crippen molar-refractivity contribution in [2.24, 2.45) is 0 Å². The van der Waals surface area contributed by atoms with Gasteiger partial charge in [-0.25, -0.2) is 0 Å². The van der Waals surface area contributed by atoms with E-state index in [2.05, 4.69) is 28.1 Å². The summed E-state index contributed by atoms with van der Waals surface area (Å²) in [5.74, 6) is 0.934. The molecule has 1 unspecified atom stereocenters. The number of hydrogen-bond donors (Lipinski definition) is 3. The Balaban J connectivity index is 1.46. The van der Waals surface area contributed by atoms with Crippen LogP contribution in [0.3, 0.4) is 0 Å². The summed E-state index contributed by atoms with van der Waals surface area (Å²) in [5.41, 5.74) is 4.44. The molecular formula is C24H19N3O3S. The summed E-state index contributed by atoms with van der Waals surface area (Å²) in [7, 11) is 0. The fourth-order valence-electron chi connectivity index (χ4n) is 3.52. The number of amides is 1. The van der Waals surface area contributed by atoms with Crippen LogP contribution in [-0.4, -0.2) is 28.8 Å². The lowest BCUT2D eigenvalue weighted by atomic mass is 9.98. The van der Waals surface area contributed by atoms with Gasteiger partial charge >= 0.3 is 0 Å². The number of ether oxygens (including phenoxy) is 2. The zero-order valence-electron chi connectivity index (χ0n) is 16.4. The molecule has 7 heteroatoms. The highest BCUT2D eigenvalue weighted by molar-refractivity contribution is 7.80. The van der Waals surface area contributed by atoms with Crippen molar-refractivity contribution in [3.05, 3.63) is 79.1 Å². The first-order valence-corrected chi connectivity index (χ1v) is 10.2. The first-order chi connectivity index (χ1) is 15.2. The molecule has 2 heterocycles. The van der Waals surface area contributed by atoms with Crippen molar-refractivity contribution in [1.82, 2.24) is 10.2 Å². The minimum Gasteiger partial charge on any atom is -0.485 e. The lowest BCUT2D eigenvalue weighted by Crippen LogP contribution is -2.40. The normalized spacial score (nSPS) is 14.8. The van der Waals surface area contributed by atoms with Gasteiger partial charge < -0.3 is 14.8 Å². The highest BCUT2D eigenvalue weighted by Gasteiger charge is 2.28. The Hall–Kier alpha value is -3.71. The van der Waals surface area contributed by atoms with Crippen LogP contribution >= 0.6 is 12.6 Å². The molecule has 4 aromatic rings. The third-order valence-electron chi connectivity index (χ3n) is 5.07. The van der Waals surface area contributed by atoms with Crippen molar-refractivity contribution in [3.8, 4) is 33.8 Å². The Labute approximate surface area is 184 Å². The molecule has 0 radical (unpaired) electrons. The van der Waals surface area contributed by atoms with E-state index in [1.165, 1.54) is 0 Å². The van der Waals surface area contributed by atoms with Gasteiger partial charge in [0.05, 0.1) is 6.20 Å². The molecule has 0 aliphatic carbocycles. The minimum atomic E-state index is -0.743. The number of fused-ring (bicyclic) bond motifs is 1. The maximum atomic E-state index is 13.0. The number of H-pyrrole nitrogens is 1. The third kappa shape index (κ3) is 4.00. The second kappa shape index (κ2) is 8.20. The van der Waals surface area contributed by atoms with Crippen LogP contribution in [0.2, 0.25) is 0 Å². The van der Waals surface area contributed by atoms with Crippen molar-refractivity contribution in [3.63, 3.8) is 0 Å². The van der Waals surface area contributed by atoms with E-state index >= 15 is 0 Å². The minimum absolute atomic E-state index is 0.150. The maximum absolute atomic E-state index is 13.0. The quantitative estimate of drug-likeness (QED) is 0.407. The second-order valence-corrected chi connectivity index (χ2v) is 7.67. The molecule has 0 fully saturated rings. The Morgan fingerprint density at radius 1 is 1.00 bits per heavy atom. The van der Waals surface area contributed by atoms with E-state index in [1.54, 1.807) is 12.3 Å². The van der Waals surface area contributed by atoms with Crippen molar-refractivity contribution in [2.75, 3.05) is 11.9 Å². The molecule has 6 nitrogen and oxygen atoms in total. The molecule has 1 aromatic heterocycles. The summed E-state index contributed by atoms with van der Waals surface area (Å²) < 4.78 is 11.5. The van der Waals surface area contributed by atoms with E-state index in [0.29, 0.717) is 17.2 Å². The fourth-order valence-corrected chi connectivity index (χ4v) is 3.74.